The van der Waals surface area contributed by atoms with E-state index < -0.39 is 35.0 Å². The van der Waals surface area contributed by atoms with E-state index in [1.165, 1.54) is 0 Å². The SMILES string of the molecule is N#CCc1cc(C(F)F)c(F)c([N+](=O)[O-])n1. The zero-order valence-electron chi connectivity index (χ0n) is 7.65. The number of alkyl halides is 2. The van der Waals surface area contributed by atoms with Crippen molar-refractivity contribution in [3.05, 3.63) is 33.3 Å². The standard InChI is InChI=1S/C8H4F3N3O2/c9-6-5(7(10)11)3-4(1-2-12)13-8(6)14(15)16/h3,7H,1H2. The zero-order chi connectivity index (χ0) is 12.3. The Morgan fingerprint density at radius 1 is 1.62 bits per heavy atom. The highest BCUT2D eigenvalue weighted by Crippen LogP contribution is 2.27. The molecule has 0 aromatic carbocycles. The topological polar surface area (TPSA) is 79.8 Å². The van der Waals surface area contributed by atoms with Gasteiger partial charge in [-0.15, -0.1) is 0 Å². The molecule has 5 nitrogen and oxygen atoms in total. The maximum absolute atomic E-state index is 13.1. The quantitative estimate of drug-likeness (QED) is 0.589. The van der Waals surface area contributed by atoms with Crippen LogP contribution in [0.25, 0.3) is 0 Å². The molecule has 0 aliphatic carbocycles. The minimum absolute atomic E-state index is 0.258. The van der Waals surface area contributed by atoms with E-state index in [1.54, 1.807) is 6.07 Å². The number of aromatic nitrogens is 1. The van der Waals surface area contributed by atoms with Crippen LogP contribution in [-0.4, -0.2) is 9.91 Å². The molecule has 1 heterocycles. The number of halogens is 3. The van der Waals surface area contributed by atoms with Gasteiger partial charge >= 0.3 is 5.82 Å². The van der Waals surface area contributed by atoms with Crippen LogP contribution in [-0.2, 0) is 6.42 Å². The lowest BCUT2D eigenvalue weighted by atomic mass is 10.2. The van der Waals surface area contributed by atoms with Crippen molar-refractivity contribution >= 4 is 5.82 Å². The highest BCUT2D eigenvalue weighted by molar-refractivity contribution is 5.33. The molecule has 1 rings (SSSR count). The van der Waals surface area contributed by atoms with Gasteiger partial charge in [0.1, 0.15) is 6.42 Å². The summed E-state index contributed by atoms with van der Waals surface area (Å²) in [7, 11) is 0. The van der Waals surface area contributed by atoms with Gasteiger partial charge in [-0.3, -0.25) is 0 Å². The minimum Gasteiger partial charge on any atom is -0.358 e. The molecule has 0 N–H and O–H groups in total. The van der Waals surface area contributed by atoms with Crippen molar-refractivity contribution in [1.82, 2.24) is 4.98 Å². The van der Waals surface area contributed by atoms with Crippen LogP contribution in [0, 0.1) is 27.3 Å². The lowest BCUT2D eigenvalue weighted by Crippen LogP contribution is -2.04. The number of hydrogen-bond acceptors (Lipinski definition) is 4. The van der Waals surface area contributed by atoms with E-state index in [1.807, 2.05) is 0 Å². The molecule has 0 atom stereocenters. The predicted octanol–water partition coefficient (Wildman–Crippen LogP) is 2.13. The van der Waals surface area contributed by atoms with Crippen LogP contribution < -0.4 is 0 Å². The van der Waals surface area contributed by atoms with Gasteiger partial charge < -0.3 is 10.1 Å². The Bertz CT molecular complexity index is 470. The number of nitrogens with zero attached hydrogens (tertiary/aromatic N) is 3. The first kappa shape index (κ1) is 11.9. The summed E-state index contributed by atoms with van der Waals surface area (Å²) in [6.45, 7) is 0. The smallest absolute Gasteiger partial charge is 0.358 e. The van der Waals surface area contributed by atoms with Gasteiger partial charge in [0.05, 0.1) is 11.6 Å². The van der Waals surface area contributed by atoms with E-state index in [0.717, 1.165) is 0 Å². The van der Waals surface area contributed by atoms with Gasteiger partial charge in [0.25, 0.3) is 6.43 Å². The van der Waals surface area contributed by atoms with Gasteiger partial charge in [0.2, 0.25) is 5.82 Å². The number of nitriles is 1. The fraction of sp³-hybridized carbons (Fsp3) is 0.250. The van der Waals surface area contributed by atoms with Gasteiger partial charge in [0, 0.05) is 0 Å². The normalized spacial score (nSPS) is 10.2. The lowest BCUT2D eigenvalue weighted by molar-refractivity contribution is -0.392. The second-order valence-electron chi connectivity index (χ2n) is 2.73. The van der Waals surface area contributed by atoms with Crippen molar-refractivity contribution < 1.29 is 18.1 Å². The molecule has 1 aromatic heterocycles. The highest BCUT2D eigenvalue weighted by atomic mass is 19.3. The molecule has 1 aromatic rings. The summed E-state index contributed by atoms with van der Waals surface area (Å²) in [5.41, 5.74) is -1.38. The summed E-state index contributed by atoms with van der Waals surface area (Å²) < 4.78 is 37.8. The van der Waals surface area contributed by atoms with Gasteiger partial charge in [-0.2, -0.15) is 9.65 Å². The average Bonchev–Trinajstić information content (AvgIpc) is 2.19. The van der Waals surface area contributed by atoms with E-state index in [0.29, 0.717) is 6.07 Å². The van der Waals surface area contributed by atoms with E-state index in [9.17, 15) is 23.3 Å². The van der Waals surface area contributed by atoms with Crippen LogP contribution >= 0.6 is 0 Å². The molecule has 0 amide bonds. The van der Waals surface area contributed by atoms with Crippen molar-refractivity contribution in [1.29, 1.82) is 5.26 Å². The van der Waals surface area contributed by atoms with E-state index >= 15 is 0 Å². The number of nitro groups is 1. The molecule has 16 heavy (non-hydrogen) atoms. The summed E-state index contributed by atoms with van der Waals surface area (Å²) in [6, 6.07) is 2.23. The van der Waals surface area contributed by atoms with E-state index in [2.05, 4.69) is 4.98 Å². The number of pyridine rings is 1. The largest absolute Gasteiger partial charge is 0.400 e. The second kappa shape index (κ2) is 4.57. The summed E-state index contributed by atoms with van der Waals surface area (Å²) in [5, 5.41) is 18.6. The van der Waals surface area contributed by atoms with Crippen LogP contribution in [0.5, 0.6) is 0 Å². The Labute approximate surface area is 87.3 Å². The first-order valence-electron chi connectivity index (χ1n) is 3.96. The van der Waals surface area contributed by atoms with E-state index in [4.69, 9.17) is 5.26 Å². The molecule has 0 bridgehead atoms. The molecule has 0 saturated heterocycles. The number of rotatable bonds is 3. The molecule has 0 aliphatic rings. The average molecular weight is 231 g/mol. The maximum atomic E-state index is 13.1. The Hall–Kier alpha value is -2.17. The summed E-state index contributed by atoms with van der Waals surface area (Å²) in [6.07, 6.45) is -3.60. The molecule has 0 radical (unpaired) electrons. The van der Waals surface area contributed by atoms with Crippen LogP contribution in [0.15, 0.2) is 6.07 Å². The Balaban J connectivity index is 3.40. The highest BCUT2D eigenvalue weighted by Gasteiger charge is 2.27. The Morgan fingerprint density at radius 2 is 2.25 bits per heavy atom. The monoisotopic (exact) mass is 231 g/mol. The third-order valence-corrected chi connectivity index (χ3v) is 1.69. The third kappa shape index (κ3) is 2.25. The fourth-order valence-electron chi connectivity index (χ4n) is 1.04. The fourth-order valence-corrected chi connectivity index (χ4v) is 1.04. The lowest BCUT2D eigenvalue weighted by Gasteiger charge is -2.02. The second-order valence-corrected chi connectivity index (χ2v) is 2.73. The van der Waals surface area contributed by atoms with Crippen molar-refractivity contribution in [2.45, 2.75) is 12.8 Å². The van der Waals surface area contributed by atoms with Crippen LogP contribution in [0.4, 0.5) is 19.0 Å². The van der Waals surface area contributed by atoms with Crippen LogP contribution in [0.2, 0.25) is 0 Å². The van der Waals surface area contributed by atoms with E-state index in [-0.39, 0.29) is 5.69 Å². The summed E-state index contributed by atoms with van der Waals surface area (Å²) in [5.74, 6) is -2.95. The molecule has 0 aliphatic heterocycles. The maximum Gasteiger partial charge on any atom is 0.400 e. The third-order valence-electron chi connectivity index (χ3n) is 1.69. The summed E-state index contributed by atoms with van der Waals surface area (Å²) in [4.78, 5) is 12.3. The van der Waals surface area contributed by atoms with Gasteiger partial charge in [-0.1, -0.05) is 0 Å². The number of hydrogen-bond donors (Lipinski definition) is 0. The molecule has 0 unspecified atom stereocenters. The Morgan fingerprint density at radius 3 is 2.69 bits per heavy atom. The van der Waals surface area contributed by atoms with Crippen LogP contribution in [0.3, 0.4) is 0 Å². The molecule has 0 fully saturated rings. The molecular weight excluding hydrogens is 227 g/mol. The van der Waals surface area contributed by atoms with Gasteiger partial charge in [-0.25, -0.2) is 8.78 Å². The molecule has 84 valence electrons. The van der Waals surface area contributed by atoms with Gasteiger partial charge in [-0.05, 0) is 16.0 Å². The van der Waals surface area contributed by atoms with Crippen molar-refractivity contribution in [3.8, 4) is 6.07 Å². The first-order chi connectivity index (χ1) is 7.47. The molecule has 8 heteroatoms. The molecule has 0 saturated carbocycles. The Kier molecular flexibility index (Phi) is 3.40. The predicted molar refractivity (Wildman–Crippen MR) is 45.1 cm³/mol. The molecule has 0 spiro atoms. The van der Waals surface area contributed by atoms with Crippen molar-refractivity contribution in [2.24, 2.45) is 0 Å². The minimum atomic E-state index is -3.20. The molecular formula is C8H4F3N3O2. The van der Waals surface area contributed by atoms with Crippen molar-refractivity contribution in [3.63, 3.8) is 0 Å². The zero-order valence-corrected chi connectivity index (χ0v) is 7.65. The van der Waals surface area contributed by atoms with Crippen molar-refractivity contribution in [2.75, 3.05) is 0 Å². The summed E-state index contributed by atoms with van der Waals surface area (Å²) >= 11 is 0. The van der Waals surface area contributed by atoms with Crippen LogP contribution in [0.1, 0.15) is 17.7 Å². The first-order valence-corrected chi connectivity index (χ1v) is 3.96. The van der Waals surface area contributed by atoms with Gasteiger partial charge in [0.15, 0.2) is 5.69 Å².